The van der Waals surface area contributed by atoms with E-state index in [0.717, 1.165) is 28.1 Å². The van der Waals surface area contributed by atoms with Gasteiger partial charge >= 0.3 is 0 Å². The third kappa shape index (κ3) is 2.87. The molecule has 0 amide bonds. The average molecular weight is 325 g/mol. The number of hydrogen-bond donors (Lipinski definition) is 0. The fraction of sp³-hybridized carbons (Fsp3) is 0.0870. The van der Waals surface area contributed by atoms with Gasteiger partial charge in [0.1, 0.15) is 5.69 Å². The summed E-state index contributed by atoms with van der Waals surface area (Å²) in [6.07, 6.45) is 0. The van der Waals surface area contributed by atoms with E-state index in [0.29, 0.717) is 5.89 Å². The van der Waals surface area contributed by atoms with Crippen molar-refractivity contribution >= 4 is 0 Å². The van der Waals surface area contributed by atoms with Crippen LogP contribution in [-0.2, 0) is 0 Å². The SMILES string of the molecule is Cc1cccc(C)c1-c1nc(-c2ccccc2)oc1-c1ccccc1. The molecule has 1 aromatic heterocycles. The Hall–Kier alpha value is -3.13. The van der Waals surface area contributed by atoms with Crippen LogP contribution in [0.25, 0.3) is 34.0 Å². The smallest absolute Gasteiger partial charge is 0.227 e. The molecule has 1 heterocycles. The van der Waals surface area contributed by atoms with E-state index < -0.39 is 0 Å². The molecule has 4 rings (SSSR count). The van der Waals surface area contributed by atoms with Gasteiger partial charge in [-0.3, -0.25) is 0 Å². The lowest BCUT2D eigenvalue weighted by atomic mass is 9.97. The highest BCUT2D eigenvalue weighted by molar-refractivity contribution is 5.82. The zero-order chi connectivity index (χ0) is 17.2. The Balaban J connectivity index is 1.98. The van der Waals surface area contributed by atoms with Crippen molar-refractivity contribution in [3.05, 3.63) is 90.0 Å². The van der Waals surface area contributed by atoms with E-state index in [1.807, 2.05) is 48.5 Å². The Morgan fingerprint density at radius 1 is 0.640 bits per heavy atom. The Morgan fingerprint density at radius 3 is 1.80 bits per heavy atom. The molecule has 25 heavy (non-hydrogen) atoms. The fourth-order valence-corrected chi connectivity index (χ4v) is 3.17. The molecule has 122 valence electrons. The van der Waals surface area contributed by atoms with Crippen LogP contribution in [0.5, 0.6) is 0 Å². The fourth-order valence-electron chi connectivity index (χ4n) is 3.17. The summed E-state index contributed by atoms with van der Waals surface area (Å²) in [5, 5.41) is 0. The van der Waals surface area contributed by atoms with E-state index in [1.165, 1.54) is 11.1 Å². The first-order chi connectivity index (χ1) is 12.2. The van der Waals surface area contributed by atoms with Gasteiger partial charge in [0.15, 0.2) is 5.76 Å². The molecule has 0 aliphatic heterocycles. The molecule has 0 radical (unpaired) electrons. The second kappa shape index (κ2) is 6.40. The highest BCUT2D eigenvalue weighted by Gasteiger charge is 2.20. The van der Waals surface area contributed by atoms with Crippen molar-refractivity contribution in [1.29, 1.82) is 0 Å². The van der Waals surface area contributed by atoms with Crippen molar-refractivity contribution in [1.82, 2.24) is 4.98 Å². The predicted octanol–water partition coefficient (Wildman–Crippen LogP) is 6.29. The van der Waals surface area contributed by atoms with Crippen LogP contribution in [0.3, 0.4) is 0 Å². The van der Waals surface area contributed by atoms with Crippen LogP contribution in [0.2, 0.25) is 0 Å². The summed E-state index contributed by atoms with van der Waals surface area (Å²) in [4.78, 5) is 4.88. The largest absolute Gasteiger partial charge is 0.435 e. The summed E-state index contributed by atoms with van der Waals surface area (Å²) < 4.78 is 6.24. The van der Waals surface area contributed by atoms with Crippen molar-refractivity contribution in [2.75, 3.05) is 0 Å². The first-order valence-corrected chi connectivity index (χ1v) is 8.42. The van der Waals surface area contributed by atoms with Crippen molar-refractivity contribution in [3.8, 4) is 34.0 Å². The van der Waals surface area contributed by atoms with E-state index in [1.54, 1.807) is 0 Å². The molecule has 0 spiro atoms. The van der Waals surface area contributed by atoms with Gasteiger partial charge in [-0.2, -0.15) is 0 Å². The maximum atomic E-state index is 6.24. The second-order valence-electron chi connectivity index (χ2n) is 6.20. The summed E-state index contributed by atoms with van der Waals surface area (Å²) in [5.41, 5.74) is 6.47. The molecule has 0 bridgehead atoms. The highest BCUT2D eigenvalue weighted by Crippen LogP contribution is 2.38. The van der Waals surface area contributed by atoms with E-state index in [2.05, 4.69) is 44.2 Å². The van der Waals surface area contributed by atoms with Gasteiger partial charge in [-0.25, -0.2) is 4.98 Å². The summed E-state index contributed by atoms with van der Waals surface area (Å²) in [6, 6.07) is 26.5. The monoisotopic (exact) mass is 325 g/mol. The number of oxazole rings is 1. The van der Waals surface area contributed by atoms with Crippen molar-refractivity contribution in [2.24, 2.45) is 0 Å². The van der Waals surface area contributed by atoms with Gasteiger partial charge in [-0.1, -0.05) is 66.7 Å². The van der Waals surface area contributed by atoms with E-state index in [4.69, 9.17) is 9.40 Å². The minimum atomic E-state index is 0.650. The molecule has 2 heteroatoms. The van der Waals surface area contributed by atoms with E-state index in [-0.39, 0.29) is 0 Å². The van der Waals surface area contributed by atoms with Crippen molar-refractivity contribution < 1.29 is 4.42 Å². The molecule has 0 aliphatic carbocycles. The van der Waals surface area contributed by atoms with Gasteiger partial charge in [0.25, 0.3) is 0 Å². The van der Waals surface area contributed by atoms with Gasteiger partial charge in [0, 0.05) is 16.7 Å². The molecular weight excluding hydrogens is 306 g/mol. The number of aryl methyl sites for hydroxylation is 2. The molecule has 2 nitrogen and oxygen atoms in total. The quantitative estimate of drug-likeness (QED) is 0.442. The molecule has 4 aromatic rings. The van der Waals surface area contributed by atoms with Gasteiger partial charge in [-0.05, 0) is 37.1 Å². The van der Waals surface area contributed by atoms with Gasteiger partial charge in [0.2, 0.25) is 5.89 Å². The third-order valence-corrected chi connectivity index (χ3v) is 4.40. The summed E-state index contributed by atoms with van der Waals surface area (Å²) in [6.45, 7) is 4.24. The second-order valence-corrected chi connectivity index (χ2v) is 6.20. The summed E-state index contributed by atoms with van der Waals surface area (Å²) in [7, 11) is 0. The number of aromatic nitrogens is 1. The lowest BCUT2D eigenvalue weighted by Gasteiger charge is -2.08. The normalized spacial score (nSPS) is 10.8. The maximum absolute atomic E-state index is 6.24. The standard InChI is InChI=1S/C23H19NO/c1-16-10-9-11-17(2)20(16)21-22(18-12-5-3-6-13-18)25-23(24-21)19-14-7-4-8-15-19/h3-15H,1-2H3. The molecular formula is C23H19NO. The summed E-state index contributed by atoms with van der Waals surface area (Å²) in [5.74, 6) is 1.47. The van der Waals surface area contributed by atoms with Crippen LogP contribution in [0.1, 0.15) is 11.1 Å². The first-order valence-electron chi connectivity index (χ1n) is 8.42. The van der Waals surface area contributed by atoms with Crippen molar-refractivity contribution in [2.45, 2.75) is 13.8 Å². The third-order valence-electron chi connectivity index (χ3n) is 4.40. The van der Waals surface area contributed by atoms with E-state index in [9.17, 15) is 0 Å². The lowest BCUT2D eigenvalue weighted by Crippen LogP contribution is -1.90. The zero-order valence-electron chi connectivity index (χ0n) is 14.4. The molecule has 0 fully saturated rings. The maximum Gasteiger partial charge on any atom is 0.227 e. The summed E-state index contributed by atoms with van der Waals surface area (Å²) >= 11 is 0. The lowest BCUT2D eigenvalue weighted by molar-refractivity contribution is 0.589. The van der Waals surface area contributed by atoms with Crippen molar-refractivity contribution in [3.63, 3.8) is 0 Å². The molecule has 0 saturated carbocycles. The Kier molecular flexibility index (Phi) is 3.95. The van der Waals surface area contributed by atoms with Crippen LogP contribution >= 0.6 is 0 Å². The topological polar surface area (TPSA) is 26.0 Å². The van der Waals surface area contributed by atoms with Gasteiger partial charge in [0.05, 0.1) is 0 Å². The number of benzene rings is 3. The highest BCUT2D eigenvalue weighted by atomic mass is 16.4. The molecule has 0 atom stereocenters. The van der Waals surface area contributed by atoms with Crippen LogP contribution in [0, 0.1) is 13.8 Å². The Bertz CT molecular complexity index is 981. The Morgan fingerprint density at radius 2 is 1.20 bits per heavy atom. The van der Waals surface area contributed by atoms with Crippen LogP contribution < -0.4 is 0 Å². The number of rotatable bonds is 3. The van der Waals surface area contributed by atoms with E-state index >= 15 is 0 Å². The minimum absolute atomic E-state index is 0.650. The predicted molar refractivity (Wildman–Crippen MR) is 102 cm³/mol. The molecule has 0 unspecified atom stereocenters. The minimum Gasteiger partial charge on any atom is -0.435 e. The molecule has 0 aliphatic rings. The molecule has 0 saturated heterocycles. The average Bonchev–Trinajstić information content (AvgIpc) is 3.08. The zero-order valence-corrected chi connectivity index (χ0v) is 14.4. The molecule has 3 aromatic carbocycles. The Labute approximate surface area is 147 Å². The van der Waals surface area contributed by atoms with Crippen LogP contribution in [0.4, 0.5) is 0 Å². The molecule has 0 N–H and O–H groups in total. The van der Waals surface area contributed by atoms with Crippen LogP contribution in [-0.4, -0.2) is 4.98 Å². The van der Waals surface area contributed by atoms with Crippen LogP contribution in [0.15, 0.2) is 83.3 Å². The van der Waals surface area contributed by atoms with Gasteiger partial charge in [-0.15, -0.1) is 0 Å². The van der Waals surface area contributed by atoms with Gasteiger partial charge < -0.3 is 4.42 Å². The number of nitrogens with zero attached hydrogens (tertiary/aromatic N) is 1. The number of hydrogen-bond acceptors (Lipinski definition) is 2. The first kappa shape index (κ1) is 15.4.